The molecule has 0 saturated carbocycles. The predicted molar refractivity (Wildman–Crippen MR) is 103 cm³/mol. The molecular formula is C16H10Cl4N2OS. The quantitative estimate of drug-likeness (QED) is 0.566. The summed E-state index contributed by atoms with van der Waals surface area (Å²) >= 11 is 25.6. The smallest absolute Gasteiger partial charge is 0.239 e. The van der Waals surface area contributed by atoms with E-state index in [-0.39, 0.29) is 5.91 Å². The van der Waals surface area contributed by atoms with Crippen LogP contribution in [0.1, 0.15) is 5.56 Å². The van der Waals surface area contributed by atoms with Gasteiger partial charge in [0.05, 0.1) is 33.1 Å². The lowest BCUT2D eigenvalue weighted by molar-refractivity contribution is -0.124. The molecule has 0 atom stereocenters. The highest BCUT2D eigenvalue weighted by molar-refractivity contribution is 8.15. The number of halogens is 4. The van der Waals surface area contributed by atoms with E-state index in [1.165, 1.54) is 17.8 Å². The number of hydrogen-bond acceptors (Lipinski definition) is 3. The van der Waals surface area contributed by atoms with Crippen LogP contribution in [0, 0.1) is 0 Å². The second-order valence-electron chi connectivity index (χ2n) is 4.97. The Morgan fingerprint density at radius 3 is 2.46 bits per heavy atom. The van der Waals surface area contributed by atoms with Crippen molar-refractivity contribution in [1.29, 1.82) is 0 Å². The van der Waals surface area contributed by atoms with Crippen LogP contribution < -0.4 is 0 Å². The van der Waals surface area contributed by atoms with E-state index < -0.39 is 0 Å². The van der Waals surface area contributed by atoms with Crippen LogP contribution in [0.3, 0.4) is 0 Å². The highest BCUT2D eigenvalue weighted by Crippen LogP contribution is 2.36. The predicted octanol–water partition coefficient (Wildman–Crippen LogP) is 6.06. The van der Waals surface area contributed by atoms with Crippen LogP contribution in [0.25, 0.3) is 0 Å². The van der Waals surface area contributed by atoms with Crippen LogP contribution in [0.5, 0.6) is 0 Å². The van der Waals surface area contributed by atoms with Gasteiger partial charge in [-0.25, -0.2) is 4.99 Å². The molecule has 1 amide bonds. The molecule has 2 aromatic carbocycles. The van der Waals surface area contributed by atoms with E-state index in [9.17, 15) is 4.79 Å². The van der Waals surface area contributed by atoms with Gasteiger partial charge in [0.15, 0.2) is 5.17 Å². The molecule has 0 aliphatic carbocycles. The zero-order valence-corrected chi connectivity index (χ0v) is 15.9. The molecule has 3 nitrogen and oxygen atoms in total. The average molecular weight is 420 g/mol. The van der Waals surface area contributed by atoms with Crippen molar-refractivity contribution < 1.29 is 4.79 Å². The molecule has 1 heterocycles. The molecule has 1 aliphatic heterocycles. The van der Waals surface area contributed by atoms with Crippen molar-refractivity contribution >= 4 is 74.9 Å². The summed E-state index contributed by atoms with van der Waals surface area (Å²) in [4.78, 5) is 18.3. The lowest BCUT2D eigenvalue weighted by atomic mass is 10.2. The van der Waals surface area contributed by atoms with Gasteiger partial charge in [0.2, 0.25) is 5.91 Å². The molecule has 0 aromatic heterocycles. The van der Waals surface area contributed by atoms with Gasteiger partial charge in [-0.3, -0.25) is 9.69 Å². The molecule has 0 unspecified atom stereocenters. The molecule has 0 N–H and O–H groups in total. The monoisotopic (exact) mass is 418 g/mol. The first kappa shape index (κ1) is 17.9. The molecule has 2 aromatic rings. The van der Waals surface area contributed by atoms with E-state index in [0.717, 1.165) is 5.56 Å². The van der Waals surface area contributed by atoms with Crippen molar-refractivity contribution in [2.45, 2.75) is 6.54 Å². The summed E-state index contributed by atoms with van der Waals surface area (Å²) in [6.45, 7) is 0.350. The van der Waals surface area contributed by atoms with E-state index in [1.807, 2.05) is 18.2 Å². The third-order valence-electron chi connectivity index (χ3n) is 3.35. The molecule has 0 spiro atoms. The highest BCUT2D eigenvalue weighted by atomic mass is 35.5. The first-order valence-corrected chi connectivity index (χ1v) is 9.35. The number of amidine groups is 1. The second kappa shape index (κ2) is 7.54. The Labute approximate surface area is 163 Å². The van der Waals surface area contributed by atoms with Crippen molar-refractivity contribution in [3.05, 3.63) is 62.1 Å². The number of carbonyl (C=O) groups is 1. The number of thioether (sulfide) groups is 1. The molecule has 1 saturated heterocycles. The summed E-state index contributed by atoms with van der Waals surface area (Å²) in [6, 6.07) is 10.5. The summed E-state index contributed by atoms with van der Waals surface area (Å²) in [5, 5.41) is 2.24. The van der Waals surface area contributed by atoms with Gasteiger partial charge in [-0.2, -0.15) is 0 Å². The normalized spacial score (nSPS) is 16.2. The Kier molecular flexibility index (Phi) is 5.63. The Morgan fingerprint density at radius 1 is 1.00 bits per heavy atom. The van der Waals surface area contributed by atoms with Gasteiger partial charge in [-0.05, 0) is 23.8 Å². The summed E-state index contributed by atoms with van der Waals surface area (Å²) in [7, 11) is 0. The number of benzene rings is 2. The zero-order chi connectivity index (χ0) is 17.3. The Balaban J connectivity index is 1.93. The van der Waals surface area contributed by atoms with Gasteiger partial charge in [0, 0.05) is 5.02 Å². The first-order valence-electron chi connectivity index (χ1n) is 6.85. The summed E-state index contributed by atoms with van der Waals surface area (Å²) in [5.41, 5.74) is 1.32. The number of carbonyl (C=O) groups excluding carboxylic acids is 1. The summed E-state index contributed by atoms with van der Waals surface area (Å²) < 4.78 is 0. The Hall–Kier alpha value is -0.910. The maximum Gasteiger partial charge on any atom is 0.239 e. The van der Waals surface area contributed by atoms with Crippen molar-refractivity contribution in [3.63, 3.8) is 0 Å². The highest BCUT2D eigenvalue weighted by Gasteiger charge is 2.29. The maximum atomic E-state index is 12.2. The van der Waals surface area contributed by atoms with Crippen molar-refractivity contribution in [2.24, 2.45) is 4.99 Å². The Bertz CT molecular complexity index is 841. The van der Waals surface area contributed by atoms with Crippen molar-refractivity contribution in [1.82, 2.24) is 4.90 Å². The average Bonchev–Trinajstić information content (AvgIpc) is 2.88. The Morgan fingerprint density at radius 2 is 1.71 bits per heavy atom. The minimum Gasteiger partial charge on any atom is -0.286 e. The van der Waals surface area contributed by atoms with E-state index in [2.05, 4.69) is 4.99 Å². The third kappa shape index (κ3) is 3.84. The lowest BCUT2D eigenvalue weighted by Crippen LogP contribution is -2.29. The molecule has 0 bridgehead atoms. The minimum atomic E-state index is -0.0325. The molecule has 1 fully saturated rings. The summed E-state index contributed by atoms with van der Waals surface area (Å²) in [6.07, 6.45) is 0. The number of aliphatic imine (C=N–C) groups is 1. The van der Waals surface area contributed by atoms with Crippen LogP contribution in [0.4, 0.5) is 5.69 Å². The van der Waals surface area contributed by atoms with E-state index in [1.54, 1.807) is 17.0 Å². The van der Waals surface area contributed by atoms with Gasteiger partial charge in [0.1, 0.15) is 0 Å². The van der Waals surface area contributed by atoms with Gasteiger partial charge in [-0.1, -0.05) is 76.4 Å². The molecule has 1 aliphatic rings. The van der Waals surface area contributed by atoms with Gasteiger partial charge < -0.3 is 0 Å². The van der Waals surface area contributed by atoms with Crippen LogP contribution >= 0.6 is 58.2 Å². The van der Waals surface area contributed by atoms with Crippen LogP contribution in [0.2, 0.25) is 20.1 Å². The number of rotatable bonds is 3. The maximum absolute atomic E-state index is 12.2. The second-order valence-corrected chi connectivity index (χ2v) is 7.54. The van der Waals surface area contributed by atoms with E-state index >= 15 is 0 Å². The third-order valence-corrected chi connectivity index (χ3v) is 5.70. The van der Waals surface area contributed by atoms with Crippen LogP contribution in [-0.2, 0) is 11.3 Å². The van der Waals surface area contributed by atoms with Crippen LogP contribution in [0.15, 0.2) is 41.4 Å². The first-order chi connectivity index (χ1) is 11.5. The fourth-order valence-electron chi connectivity index (χ4n) is 2.13. The van der Waals surface area contributed by atoms with Gasteiger partial charge in [-0.15, -0.1) is 0 Å². The largest absolute Gasteiger partial charge is 0.286 e. The number of amides is 1. The molecule has 0 radical (unpaired) electrons. The minimum absolute atomic E-state index is 0.0325. The van der Waals surface area contributed by atoms with E-state index in [4.69, 9.17) is 46.4 Å². The SMILES string of the molecule is O=C1CSC(=Nc2cc(Cl)c(Cl)cc2Cl)N1Cc1ccccc1Cl. The zero-order valence-electron chi connectivity index (χ0n) is 12.1. The van der Waals surface area contributed by atoms with E-state index in [0.29, 0.717) is 43.2 Å². The van der Waals surface area contributed by atoms with Gasteiger partial charge in [0.25, 0.3) is 0 Å². The number of hydrogen-bond donors (Lipinski definition) is 0. The summed E-state index contributed by atoms with van der Waals surface area (Å²) in [5.74, 6) is 0.289. The molecule has 8 heteroatoms. The lowest BCUT2D eigenvalue weighted by Gasteiger charge is -2.17. The molecular weight excluding hydrogens is 410 g/mol. The molecule has 124 valence electrons. The fraction of sp³-hybridized carbons (Fsp3) is 0.125. The van der Waals surface area contributed by atoms with Crippen LogP contribution in [-0.4, -0.2) is 21.7 Å². The van der Waals surface area contributed by atoms with Crippen molar-refractivity contribution in [3.8, 4) is 0 Å². The topological polar surface area (TPSA) is 32.7 Å². The van der Waals surface area contributed by atoms with Gasteiger partial charge >= 0.3 is 0 Å². The van der Waals surface area contributed by atoms with Crippen molar-refractivity contribution in [2.75, 3.05) is 5.75 Å². The number of nitrogens with zero attached hydrogens (tertiary/aromatic N) is 2. The standard InChI is InChI=1S/C16H10Cl4N2OS/c17-10-4-2-1-3-9(10)7-22-15(23)8-24-16(22)21-14-6-12(19)11(18)5-13(14)20/h1-6H,7-8H2. The molecule has 3 rings (SSSR count). The molecule has 24 heavy (non-hydrogen) atoms. The fourth-order valence-corrected chi connectivity index (χ4v) is 3.81.